The zero-order chi connectivity index (χ0) is 14.5. The number of ketones is 1. The van der Waals surface area contributed by atoms with Crippen LogP contribution in [0.3, 0.4) is 0 Å². The molecule has 1 aromatic carbocycles. The molecule has 0 aliphatic heterocycles. The maximum atomic E-state index is 12.0. The number of hydrogen-bond donors (Lipinski definition) is 0. The number of carbonyl (C=O) groups excluding carboxylic acids is 1. The van der Waals surface area contributed by atoms with E-state index in [0.717, 1.165) is 38.1 Å². The van der Waals surface area contributed by atoms with Gasteiger partial charge in [0.25, 0.3) is 0 Å². The second-order valence-corrected chi connectivity index (χ2v) is 6.05. The fourth-order valence-electron chi connectivity index (χ4n) is 3.07. The van der Waals surface area contributed by atoms with Gasteiger partial charge in [-0.05, 0) is 31.9 Å². The van der Waals surface area contributed by atoms with E-state index in [1.807, 2.05) is 18.2 Å². The molecule has 1 saturated carbocycles. The van der Waals surface area contributed by atoms with Crippen LogP contribution < -0.4 is 4.74 Å². The summed E-state index contributed by atoms with van der Waals surface area (Å²) in [5.41, 5.74) is 1.17. The van der Waals surface area contributed by atoms with Gasteiger partial charge in [-0.3, -0.25) is 4.79 Å². The third-order valence-electron chi connectivity index (χ3n) is 4.19. The van der Waals surface area contributed by atoms with Crippen LogP contribution in [0.4, 0.5) is 0 Å². The van der Waals surface area contributed by atoms with Crippen molar-refractivity contribution in [1.82, 2.24) is 4.90 Å². The molecule has 0 bridgehead atoms. The number of benzene rings is 1. The van der Waals surface area contributed by atoms with Gasteiger partial charge in [0.15, 0.2) is 0 Å². The Hall–Kier alpha value is -1.35. The first-order chi connectivity index (χ1) is 9.60. The van der Waals surface area contributed by atoms with Gasteiger partial charge in [0.05, 0.1) is 7.11 Å². The third kappa shape index (κ3) is 3.83. The molecule has 0 radical (unpaired) electrons. The maximum absolute atomic E-state index is 12.0. The summed E-state index contributed by atoms with van der Waals surface area (Å²) < 4.78 is 5.38. The first-order valence-corrected chi connectivity index (χ1v) is 7.43. The molecule has 110 valence electrons. The molecule has 1 aliphatic carbocycles. The van der Waals surface area contributed by atoms with Gasteiger partial charge >= 0.3 is 0 Å². The van der Waals surface area contributed by atoms with Gasteiger partial charge in [0, 0.05) is 31.0 Å². The van der Waals surface area contributed by atoms with E-state index in [2.05, 4.69) is 24.9 Å². The summed E-state index contributed by atoms with van der Waals surface area (Å²) in [6.07, 6.45) is 2.86. The average Bonchev–Trinajstić information content (AvgIpc) is 2.43. The molecule has 0 saturated heterocycles. The molecule has 1 aromatic rings. The normalized spacial score (nSPS) is 23.1. The van der Waals surface area contributed by atoms with E-state index < -0.39 is 0 Å². The van der Waals surface area contributed by atoms with E-state index in [4.69, 9.17) is 4.74 Å². The first kappa shape index (κ1) is 15.0. The largest absolute Gasteiger partial charge is 0.496 e. The minimum atomic E-state index is 0.207. The van der Waals surface area contributed by atoms with E-state index in [0.29, 0.717) is 11.7 Å². The number of Topliss-reactive ketones (excluding diaryl/α,β-unsaturated/α-hetero) is 1. The number of carbonyl (C=O) groups is 1. The van der Waals surface area contributed by atoms with Crippen LogP contribution in [0.15, 0.2) is 24.3 Å². The molecule has 0 amide bonds. The van der Waals surface area contributed by atoms with Crippen LogP contribution in [0, 0.1) is 11.8 Å². The van der Waals surface area contributed by atoms with Gasteiger partial charge in [0.2, 0.25) is 0 Å². The number of para-hydroxylation sites is 1. The summed E-state index contributed by atoms with van der Waals surface area (Å²) in [4.78, 5) is 14.2. The number of nitrogens with zero attached hydrogens (tertiary/aromatic N) is 1. The molecule has 3 nitrogen and oxygen atoms in total. The molecule has 1 aliphatic rings. The fourth-order valence-corrected chi connectivity index (χ4v) is 3.07. The van der Waals surface area contributed by atoms with Crippen molar-refractivity contribution in [3.63, 3.8) is 0 Å². The second kappa shape index (κ2) is 6.89. The van der Waals surface area contributed by atoms with Crippen molar-refractivity contribution in [2.24, 2.45) is 11.8 Å². The highest BCUT2D eigenvalue weighted by Gasteiger charge is 2.27. The summed E-state index contributed by atoms with van der Waals surface area (Å²) in [7, 11) is 3.78. The molecular formula is C17H25NO2. The minimum absolute atomic E-state index is 0.207. The number of methoxy groups -OCH3 is 1. The Morgan fingerprint density at radius 2 is 2.10 bits per heavy atom. The molecule has 1 fully saturated rings. The standard InChI is InChI=1S/C17H25NO2/c1-13-8-9-16(19)15(10-13)12-18(2)11-14-6-4-5-7-17(14)20-3/h4-7,13,15H,8-12H2,1-3H3. The first-order valence-electron chi connectivity index (χ1n) is 7.43. The monoisotopic (exact) mass is 275 g/mol. The quantitative estimate of drug-likeness (QED) is 0.827. The zero-order valence-electron chi connectivity index (χ0n) is 12.8. The van der Waals surface area contributed by atoms with Crippen LogP contribution >= 0.6 is 0 Å². The van der Waals surface area contributed by atoms with E-state index in [9.17, 15) is 4.79 Å². The third-order valence-corrected chi connectivity index (χ3v) is 4.19. The van der Waals surface area contributed by atoms with Gasteiger partial charge < -0.3 is 9.64 Å². The van der Waals surface area contributed by atoms with Crippen molar-refractivity contribution in [3.8, 4) is 5.75 Å². The minimum Gasteiger partial charge on any atom is -0.496 e. The van der Waals surface area contributed by atoms with Crippen LogP contribution in [0.25, 0.3) is 0 Å². The van der Waals surface area contributed by atoms with Gasteiger partial charge in [0.1, 0.15) is 11.5 Å². The van der Waals surface area contributed by atoms with Crippen LogP contribution in [0.5, 0.6) is 5.75 Å². The SMILES string of the molecule is COc1ccccc1CN(C)CC1CC(C)CCC1=O. The Morgan fingerprint density at radius 1 is 1.35 bits per heavy atom. The molecule has 20 heavy (non-hydrogen) atoms. The van der Waals surface area contributed by atoms with E-state index in [-0.39, 0.29) is 5.92 Å². The van der Waals surface area contributed by atoms with Crippen molar-refractivity contribution < 1.29 is 9.53 Å². The Balaban J connectivity index is 1.94. The van der Waals surface area contributed by atoms with Gasteiger partial charge in [-0.25, -0.2) is 0 Å². The molecule has 0 aromatic heterocycles. The highest BCUT2D eigenvalue weighted by molar-refractivity contribution is 5.81. The van der Waals surface area contributed by atoms with Crippen molar-refractivity contribution in [2.75, 3.05) is 20.7 Å². The lowest BCUT2D eigenvalue weighted by atomic mass is 9.81. The predicted molar refractivity (Wildman–Crippen MR) is 80.8 cm³/mol. The fraction of sp³-hybridized carbons (Fsp3) is 0.588. The highest BCUT2D eigenvalue weighted by Crippen LogP contribution is 2.27. The molecular weight excluding hydrogens is 250 g/mol. The zero-order valence-corrected chi connectivity index (χ0v) is 12.8. The van der Waals surface area contributed by atoms with Gasteiger partial charge in [-0.2, -0.15) is 0 Å². The Bertz CT molecular complexity index is 458. The molecule has 0 heterocycles. The summed E-state index contributed by atoms with van der Waals surface area (Å²) in [6, 6.07) is 8.08. The van der Waals surface area contributed by atoms with E-state index >= 15 is 0 Å². The lowest BCUT2D eigenvalue weighted by Crippen LogP contribution is -2.34. The Kier molecular flexibility index (Phi) is 5.18. The Morgan fingerprint density at radius 3 is 2.85 bits per heavy atom. The lowest BCUT2D eigenvalue weighted by Gasteiger charge is -2.29. The average molecular weight is 275 g/mol. The lowest BCUT2D eigenvalue weighted by molar-refractivity contribution is -0.126. The van der Waals surface area contributed by atoms with E-state index in [1.54, 1.807) is 7.11 Å². The summed E-state index contributed by atoms with van der Waals surface area (Å²) in [5.74, 6) is 2.24. The topological polar surface area (TPSA) is 29.5 Å². The molecule has 2 rings (SSSR count). The van der Waals surface area contributed by atoms with Crippen LogP contribution in [0.2, 0.25) is 0 Å². The van der Waals surface area contributed by atoms with Crippen molar-refractivity contribution >= 4 is 5.78 Å². The maximum Gasteiger partial charge on any atom is 0.137 e. The summed E-state index contributed by atoms with van der Waals surface area (Å²) >= 11 is 0. The number of rotatable bonds is 5. The van der Waals surface area contributed by atoms with Gasteiger partial charge in [-0.1, -0.05) is 25.1 Å². The predicted octanol–water partition coefficient (Wildman–Crippen LogP) is 3.13. The number of ether oxygens (including phenoxy) is 1. The molecule has 0 N–H and O–H groups in total. The molecule has 3 heteroatoms. The smallest absolute Gasteiger partial charge is 0.137 e. The van der Waals surface area contributed by atoms with Crippen molar-refractivity contribution in [1.29, 1.82) is 0 Å². The van der Waals surface area contributed by atoms with Crippen molar-refractivity contribution in [3.05, 3.63) is 29.8 Å². The highest BCUT2D eigenvalue weighted by atomic mass is 16.5. The van der Waals surface area contributed by atoms with Crippen LogP contribution in [0.1, 0.15) is 31.7 Å². The summed E-state index contributed by atoms with van der Waals surface area (Å²) in [5, 5.41) is 0. The van der Waals surface area contributed by atoms with Crippen LogP contribution in [-0.2, 0) is 11.3 Å². The number of hydrogen-bond acceptors (Lipinski definition) is 3. The van der Waals surface area contributed by atoms with Gasteiger partial charge in [-0.15, -0.1) is 0 Å². The molecule has 2 atom stereocenters. The van der Waals surface area contributed by atoms with Crippen molar-refractivity contribution in [2.45, 2.75) is 32.7 Å². The summed E-state index contributed by atoms with van der Waals surface area (Å²) in [6.45, 7) is 3.92. The molecule has 0 spiro atoms. The Labute approximate surface area is 121 Å². The van der Waals surface area contributed by atoms with E-state index in [1.165, 1.54) is 5.56 Å². The molecule has 2 unspecified atom stereocenters. The second-order valence-electron chi connectivity index (χ2n) is 6.05. The van der Waals surface area contributed by atoms with Crippen LogP contribution in [-0.4, -0.2) is 31.4 Å².